The number of fused-ring (bicyclic) bond motifs is 8. The molecule has 0 aliphatic carbocycles. The maximum atomic E-state index is 6.96. The Hall–Kier alpha value is -3.78. The topological polar surface area (TPSA) is 26.3 Å². The Balaban J connectivity index is 1.45. The minimum atomic E-state index is 0.995. The van der Waals surface area contributed by atoms with E-state index >= 15 is 0 Å². The Kier molecular flexibility index (Phi) is 8.60. The maximum absolute atomic E-state index is 6.96. The Morgan fingerprint density at radius 1 is 0.432 bits per heavy atom. The lowest BCUT2D eigenvalue weighted by atomic mass is 9.91. The van der Waals surface area contributed by atoms with E-state index in [0.29, 0.717) is 0 Å². The maximum Gasteiger partial charge on any atom is 0.139 e. The van der Waals surface area contributed by atoms with Gasteiger partial charge >= 0.3 is 0 Å². The van der Waals surface area contributed by atoms with Gasteiger partial charge < -0.3 is 8.83 Å². The third-order valence-corrected chi connectivity index (χ3v) is 9.83. The van der Waals surface area contributed by atoms with E-state index in [1.165, 1.54) is 131 Å². The van der Waals surface area contributed by atoms with Crippen molar-refractivity contribution >= 4 is 65.4 Å². The van der Waals surface area contributed by atoms with E-state index in [4.69, 9.17) is 8.83 Å². The predicted octanol–water partition coefficient (Wildman–Crippen LogP) is 13.6. The van der Waals surface area contributed by atoms with Gasteiger partial charge in [0.05, 0.1) is 0 Å². The molecule has 0 aliphatic heterocycles. The van der Waals surface area contributed by atoms with Crippen LogP contribution in [0.3, 0.4) is 0 Å². The number of hydrogen-bond donors (Lipinski definition) is 0. The molecule has 0 atom stereocenters. The summed E-state index contributed by atoms with van der Waals surface area (Å²) in [6.07, 6.45) is 17.4. The standard InChI is InChI=1S/C42H46O2/c1-3-5-7-9-11-13-23-33-39-35-25-29-19-15-17-21-31(29)27-37(35)44-42(39)34(24-14-12-10-8-6-4-2)40-36-26-30-20-16-18-22-32(30)28-38(36)43-41(33)40/h15-22,25-28H,3-14,23-24H2,1-2H3. The molecule has 0 radical (unpaired) electrons. The molecule has 0 saturated carbocycles. The second kappa shape index (κ2) is 13.1. The number of furan rings is 2. The van der Waals surface area contributed by atoms with Gasteiger partial charge in [-0.15, -0.1) is 0 Å². The highest BCUT2D eigenvalue weighted by atomic mass is 16.3. The molecule has 0 unspecified atom stereocenters. The van der Waals surface area contributed by atoms with Crippen LogP contribution >= 0.6 is 0 Å². The summed E-state index contributed by atoms with van der Waals surface area (Å²) in [5.41, 5.74) is 6.85. The van der Waals surface area contributed by atoms with Crippen molar-refractivity contribution in [2.45, 2.75) is 104 Å². The van der Waals surface area contributed by atoms with Gasteiger partial charge in [-0.2, -0.15) is 0 Å². The summed E-state index contributed by atoms with van der Waals surface area (Å²) < 4.78 is 13.9. The number of hydrogen-bond acceptors (Lipinski definition) is 2. The average molecular weight is 583 g/mol. The van der Waals surface area contributed by atoms with Crippen LogP contribution in [0.1, 0.15) is 102 Å². The first-order valence-corrected chi connectivity index (χ1v) is 17.4. The molecule has 44 heavy (non-hydrogen) atoms. The van der Waals surface area contributed by atoms with Gasteiger partial charge in [0.25, 0.3) is 0 Å². The SMILES string of the molecule is CCCCCCCCc1c2oc3cc4ccccc4cc3c2c(CCCCCCCC)c2oc3cc4ccccc4cc3c12. The molecular weight excluding hydrogens is 536 g/mol. The first-order chi connectivity index (χ1) is 21.8. The quantitative estimate of drug-likeness (QED) is 0.119. The summed E-state index contributed by atoms with van der Waals surface area (Å²) in [7, 11) is 0. The van der Waals surface area contributed by atoms with Crippen molar-refractivity contribution in [2.24, 2.45) is 0 Å². The highest BCUT2D eigenvalue weighted by molar-refractivity contribution is 6.22. The molecule has 2 heterocycles. The van der Waals surface area contributed by atoms with Gasteiger partial charge in [-0.25, -0.2) is 0 Å². The van der Waals surface area contributed by atoms with Crippen molar-refractivity contribution in [3.8, 4) is 0 Å². The fraction of sp³-hybridized carbons (Fsp3) is 0.381. The second-order valence-corrected chi connectivity index (χ2v) is 13.0. The number of unbranched alkanes of at least 4 members (excludes halogenated alkanes) is 10. The lowest BCUT2D eigenvalue weighted by Crippen LogP contribution is -1.95. The molecule has 0 aliphatic rings. The molecule has 0 fully saturated rings. The molecule has 0 bridgehead atoms. The molecule has 5 aromatic carbocycles. The zero-order valence-corrected chi connectivity index (χ0v) is 26.6. The highest BCUT2D eigenvalue weighted by Gasteiger charge is 2.25. The van der Waals surface area contributed by atoms with Crippen molar-refractivity contribution in [3.05, 3.63) is 83.9 Å². The van der Waals surface area contributed by atoms with Crippen LogP contribution in [0.25, 0.3) is 65.4 Å². The zero-order chi connectivity index (χ0) is 29.9. The van der Waals surface area contributed by atoms with Crippen LogP contribution in [-0.4, -0.2) is 0 Å². The molecule has 0 N–H and O–H groups in total. The zero-order valence-electron chi connectivity index (χ0n) is 26.6. The molecule has 226 valence electrons. The number of aryl methyl sites for hydroxylation is 2. The lowest BCUT2D eigenvalue weighted by molar-refractivity contribution is 0.601. The van der Waals surface area contributed by atoms with Gasteiger partial charge in [0.15, 0.2) is 0 Å². The third kappa shape index (κ3) is 5.49. The molecular formula is C42H46O2. The Labute approximate surface area is 261 Å². The summed E-state index contributed by atoms with van der Waals surface area (Å²) in [4.78, 5) is 0. The smallest absolute Gasteiger partial charge is 0.139 e. The van der Waals surface area contributed by atoms with Crippen LogP contribution in [0.15, 0.2) is 81.6 Å². The van der Waals surface area contributed by atoms with E-state index in [2.05, 4.69) is 86.6 Å². The molecule has 2 heteroatoms. The minimum absolute atomic E-state index is 0.995. The lowest BCUT2D eigenvalue weighted by Gasteiger charge is -2.11. The van der Waals surface area contributed by atoms with E-state index in [0.717, 1.165) is 35.2 Å². The van der Waals surface area contributed by atoms with Crippen molar-refractivity contribution in [3.63, 3.8) is 0 Å². The predicted molar refractivity (Wildman–Crippen MR) is 190 cm³/mol. The van der Waals surface area contributed by atoms with E-state index in [9.17, 15) is 0 Å². The van der Waals surface area contributed by atoms with Crippen molar-refractivity contribution in [1.29, 1.82) is 0 Å². The molecule has 2 nitrogen and oxygen atoms in total. The Bertz CT molecular complexity index is 1900. The van der Waals surface area contributed by atoms with E-state index in [-0.39, 0.29) is 0 Å². The Morgan fingerprint density at radius 3 is 1.20 bits per heavy atom. The summed E-state index contributed by atoms with van der Waals surface area (Å²) in [6.45, 7) is 4.58. The first-order valence-electron chi connectivity index (χ1n) is 17.4. The molecule has 0 amide bonds. The summed E-state index contributed by atoms with van der Waals surface area (Å²) >= 11 is 0. The second-order valence-electron chi connectivity index (χ2n) is 13.0. The van der Waals surface area contributed by atoms with Gasteiger partial charge in [-0.1, -0.05) is 127 Å². The van der Waals surface area contributed by atoms with Crippen LogP contribution in [0.5, 0.6) is 0 Å². The molecule has 7 rings (SSSR count). The van der Waals surface area contributed by atoms with Gasteiger partial charge in [0.2, 0.25) is 0 Å². The van der Waals surface area contributed by atoms with E-state index in [1.54, 1.807) is 0 Å². The van der Waals surface area contributed by atoms with Crippen molar-refractivity contribution in [1.82, 2.24) is 0 Å². The summed E-state index contributed by atoms with van der Waals surface area (Å²) in [5, 5.41) is 10.0. The average Bonchev–Trinajstić information content (AvgIpc) is 3.60. The van der Waals surface area contributed by atoms with E-state index in [1.807, 2.05) is 0 Å². The monoisotopic (exact) mass is 582 g/mol. The number of rotatable bonds is 14. The molecule has 0 spiro atoms. The molecule has 0 saturated heterocycles. The summed E-state index contributed by atoms with van der Waals surface area (Å²) in [6, 6.07) is 26.6. The van der Waals surface area contributed by atoms with Crippen molar-refractivity contribution < 1.29 is 8.83 Å². The van der Waals surface area contributed by atoms with Crippen LogP contribution < -0.4 is 0 Å². The largest absolute Gasteiger partial charge is 0.456 e. The first kappa shape index (κ1) is 29.0. The molecule has 7 aromatic rings. The minimum Gasteiger partial charge on any atom is -0.456 e. The Morgan fingerprint density at radius 2 is 0.795 bits per heavy atom. The normalized spacial score (nSPS) is 12.2. The van der Waals surface area contributed by atoms with Crippen LogP contribution in [-0.2, 0) is 12.8 Å². The van der Waals surface area contributed by atoms with Gasteiger partial charge in [0, 0.05) is 32.7 Å². The van der Waals surface area contributed by atoms with Crippen molar-refractivity contribution in [2.75, 3.05) is 0 Å². The number of benzene rings is 5. The fourth-order valence-corrected chi connectivity index (χ4v) is 7.46. The van der Waals surface area contributed by atoms with Crippen LogP contribution in [0, 0.1) is 0 Å². The third-order valence-electron chi connectivity index (χ3n) is 9.83. The highest BCUT2D eigenvalue weighted by Crippen LogP contribution is 2.45. The van der Waals surface area contributed by atoms with Gasteiger partial charge in [0.1, 0.15) is 22.3 Å². The van der Waals surface area contributed by atoms with Gasteiger partial charge in [-0.05, 0) is 71.5 Å². The van der Waals surface area contributed by atoms with Crippen LogP contribution in [0.4, 0.5) is 0 Å². The van der Waals surface area contributed by atoms with Crippen LogP contribution in [0.2, 0.25) is 0 Å². The fourth-order valence-electron chi connectivity index (χ4n) is 7.46. The van der Waals surface area contributed by atoms with Gasteiger partial charge in [-0.3, -0.25) is 0 Å². The van der Waals surface area contributed by atoms with E-state index < -0.39 is 0 Å². The molecule has 2 aromatic heterocycles. The summed E-state index contributed by atoms with van der Waals surface area (Å²) in [5.74, 6) is 0.